The van der Waals surface area contributed by atoms with E-state index in [1.807, 2.05) is 13.8 Å². The van der Waals surface area contributed by atoms with E-state index < -0.39 is 17.8 Å². The van der Waals surface area contributed by atoms with Gasteiger partial charge >= 0.3 is 0 Å². The standard InChI is InChI=1S/C27H44O3/c1-18(8-6-14-26(3,4)30)23-12-13-24-20(9-7-15-27(23,24)5)10-11-21-16-22(28)17-25(29)19(21)2/h10-11,18,22-25,28-30H,2,6-9,12-17H2,1,3-5H3/b20-10+,21-11-/t18-,22-,23-,24-,25+,27-/m1/s1. The van der Waals surface area contributed by atoms with Crippen LogP contribution in [0.2, 0.25) is 0 Å². The van der Waals surface area contributed by atoms with Crippen LogP contribution in [-0.2, 0) is 0 Å². The first kappa shape index (κ1) is 23.8. The summed E-state index contributed by atoms with van der Waals surface area (Å²) in [4.78, 5) is 0. The molecule has 3 fully saturated rings. The molecule has 6 atom stereocenters. The summed E-state index contributed by atoms with van der Waals surface area (Å²) in [6.07, 6.45) is 13.9. The SMILES string of the molecule is C=C1/C(=C\C=C2/CCC[C@@]3(C)[C@@H]2CC[C@@H]3[C@H](C)CCCC(C)(C)O)C[C@@H](O)C[C@@H]1O. The number of hydrogen-bond acceptors (Lipinski definition) is 3. The van der Waals surface area contributed by atoms with Crippen LogP contribution in [-0.4, -0.2) is 33.1 Å². The lowest BCUT2D eigenvalue weighted by Crippen LogP contribution is -2.36. The van der Waals surface area contributed by atoms with Crippen LogP contribution in [0.15, 0.2) is 35.5 Å². The zero-order valence-electron chi connectivity index (χ0n) is 19.7. The number of rotatable bonds is 6. The molecule has 0 aromatic heterocycles. The van der Waals surface area contributed by atoms with Crippen molar-refractivity contribution in [3.05, 3.63) is 35.5 Å². The molecule has 170 valence electrons. The predicted molar refractivity (Wildman–Crippen MR) is 124 cm³/mol. The minimum Gasteiger partial charge on any atom is -0.393 e. The van der Waals surface area contributed by atoms with Crippen molar-refractivity contribution in [2.45, 2.75) is 110 Å². The number of hydrogen-bond donors (Lipinski definition) is 3. The van der Waals surface area contributed by atoms with Crippen molar-refractivity contribution in [3.63, 3.8) is 0 Å². The molecule has 0 heterocycles. The van der Waals surface area contributed by atoms with Gasteiger partial charge in [-0.15, -0.1) is 0 Å². The van der Waals surface area contributed by atoms with Crippen molar-refractivity contribution >= 4 is 0 Å². The van der Waals surface area contributed by atoms with E-state index in [0.29, 0.717) is 30.1 Å². The van der Waals surface area contributed by atoms with Crippen LogP contribution in [0.25, 0.3) is 0 Å². The van der Waals surface area contributed by atoms with Crippen LogP contribution in [0, 0.1) is 23.2 Å². The smallest absolute Gasteiger partial charge is 0.0811 e. The molecule has 0 aromatic rings. The Bertz CT molecular complexity index is 683. The third kappa shape index (κ3) is 5.29. The summed E-state index contributed by atoms with van der Waals surface area (Å²) < 4.78 is 0. The quantitative estimate of drug-likeness (QED) is 0.520. The van der Waals surface area contributed by atoms with Gasteiger partial charge in [0.25, 0.3) is 0 Å². The number of aliphatic hydroxyl groups excluding tert-OH is 2. The van der Waals surface area contributed by atoms with Gasteiger partial charge in [-0.2, -0.15) is 0 Å². The second-order valence-corrected chi connectivity index (χ2v) is 11.3. The summed E-state index contributed by atoms with van der Waals surface area (Å²) in [5, 5.41) is 30.2. The molecule has 0 spiro atoms. The van der Waals surface area contributed by atoms with Gasteiger partial charge < -0.3 is 15.3 Å². The molecule has 3 rings (SSSR count). The molecule has 0 unspecified atom stereocenters. The maximum Gasteiger partial charge on any atom is 0.0811 e. The Kier molecular flexibility index (Phi) is 7.37. The average molecular weight is 417 g/mol. The Labute approximate surface area is 184 Å². The topological polar surface area (TPSA) is 60.7 Å². The van der Waals surface area contributed by atoms with E-state index in [1.165, 1.54) is 38.5 Å². The molecule has 3 N–H and O–H groups in total. The van der Waals surface area contributed by atoms with Gasteiger partial charge in [0.1, 0.15) is 0 Å². The van der Waals surface area contributed by atoms with E-state index in [-0.39, 0.29) is 0 Å². The van der Waals surface area contributed by atoms with Crippen LogP contribution in [0.1, 0.15) is 91.9 Å². The summed E-state index contributed by atoms with van der Waals surface area (Å²) in [5.74, 6) is 2.11. The molecule has 0 bridgehead atoms. The lowest BCUT2D eigenvalue weighted by Gasteiger charge is -2.44. The second-order valence-electron chi connectivity index (χ2n) is 11.3. The van der Waals surface area contributed by atoms with E-state index in [4.69, 9.17) is 0 Å². The molecule has 0 amide bonds. The van der Waals surface area contributed by atoms with E-state index >= 15 is 0 Å². The Morgan fingerprint density at radius 3 is 2.67 bits per heavy atom. The molecule has 3 aliphatic carbocycles. The van der Waals surface area contributed by atoms with Gasteiger partial charge in [0, 0.05) is 6.42 Å². The normalized spacial score (nSPS) is 38.8. The van der Waals surface area contributed by atoms with Gasteiger partial charge in [-0.1, -0.05) is 51.0 Å². The summed E-state index contributed by atoms with van der Waals surface area (Å²) in [6, 6.07) is 0. The van der Waals surface area contributed by atoms with Crippen molar-refractivity contribution in [1.29, 1.82) is 0 Å². The van der Waals surface area contributed by atoms with Crippen molar-refractivity contribution in [3.8, 4) is 0 Å². The first-order valence-electron chi connectivity index (χ1n) is 12.2. The Balaban J connectivity index is 1.70. The zero-order valence-corrected chi connectivity index (χ0v) is 19.7. The monoisotopic (exact) mass is 416 g/mol. The Morgan fingerprint density at radius 1 is 1.23 bits per heavy atom. The third-order valence-electron chi connectivity index (χ3n) is 8.44. The number of aliphatic hydroxyl groups is 3. The summed E-state index contributed by atoms with van der Waals surface area (Å²) in [6.45, 7) is 12.8. The minimum absolute atomic E-state index is 0.374. The van der Waals surface area contributed by atoms with Crippen LogP contribution in [0.5, 0.6) is 0 Å². The van der Waals surface area contributed by atoms with Gasteiger partial charge in [0.2, 0.25) is 0 Å². The molecule has 3 aliphatic rings. The summed E-state index contributed by atoms with van der Waals surface area (Å²) >= 11 is 0. The maximum absolute atomic E-state index is 10.1. The highest BCUT2D eigenvalue weighted by Gasteiger charge is 2.50. The molecular formula is C27H44O3. The molecular weight excluding hydrogens is 372 g/mol. The van der Waals surface area contributed by atoms with Gasteiger partial charge in [0.05, 0.1) is 17.8 Å². The molecule has 3 saturated carbocycles. The highest BCUT2D eigenvalue weighted by Crippen LogP contribution is 2.60. The first-order valence-corrected chi connectivity index (χ1v) is 12.2. The van der Waals surface area contributed by atoms with E-state index in [2.05, 4.69) is 32.6 Å². The fraction of sp³-hybridized carbons (Fsp3) is 0.778. The van der Waals surface area contributed by atoms with Crippen LogP contribution >= 0.6 is 0 Å². The predicted octanol–water partition coefficient (Wildman–Crippen LogP) is 5.70. The van der Waals surface area contributed by atoms with Crippen molar-refractivity contribution in [2.75, 3.05) is 0 Å². The Hall–Kier alpha value is -0.900. The molecule has 0 radical (unpaired) electrons. The third-order valence-corrected chi connectivity index (χ3v) is 8.44. The van der Waals surface area contributed by atoms with Crippen LogP contribution < -0.4 is 0 Å². The second kappa shape index (κ2) is 9.30. The number of allylic oxidation sites excluding steroid dienone is 3. The minimum atomic E-state index is -0.615. The molecule has 0 saturated heterocycles. The lowest BCUT2D eigenvalue weighted by molar-refractivity contribution is 0.0596. The van der Waals surface area contributed by atoms with E-state index in [9.17, 15) is 15.3 Å². The zero-order chi connectivity index (χ0) is 22.1. The number of fused-ring (bicyclic) bond motifs is 1. The van der Waals surface area contributed by atoms with Crippen molar-refractivity contribution < 1.29 is 15.3 Å². The molecule has 0 aliphatic heterocycles. The van der Waals surface area contributed by atoms with Crippen molar-refractivity contribution in [1.82, 2.24) is 0 Å². The molecule has 3 nitrogen and oxygen atoms in total. The largest absolute Gasteiger partial charge is 0.393 e. The average Bonchev–Trinajstić information content (AvgIpc) is 3.00. The van der Waals surface area contributed by atoms with E-state index in [0.717, 1.165) is 29.9 Å². The lowest BCUT2D eigenvalue weighted by atomic mass is 9.60. The highest BCUT2D eigenvalue weighted by atomic mass is 16.3. The van der Waals surface area contributed by atoms with Gasteiger partial charge in [-0.3, -0.25) is 0 Å². The summed E-state index contributed by atoms with van der Waals surface area (Å²) in [5.41, 5.74) is 3.17. The van der Waals surface area contributed by atoms with Gasteiger partial charge in [-0.25, -0.2) is 0 Å². The molecule has 3 heteroatoms. The fourth-order valence-electron chi connectivity index (χ4n) is 6.74. The van der Waals surface area contributed by atoms with Crippen LogP contribution in [0.4, 0.5) is 0 Å². The summed E-state index contributed by atoms with van der Waals surface area (Å²) in [7, 11) is 0. The maximum atomic E-state index is 10.1. The molecule has 30 heavy (non-hydrogen) atoms. The van der Waals surface area contributed by atoms with Gasteiger partial charge in [0.15, 0.2) is 0 Å². The Morgan fingerprint density at radius 2 is 1.97 bits per heavy atom. The van der Waals surface area contributed by atoms with E-state index in [1.54, 1.807) is 5.57 Å². The fourth-order valence-corrected chi connectivity index (χ4v) is 6.74. The molecule has 0 aromatic carbocycles. The highest BCUT2D eigenvalue weighted by molar-refractivity contribution is 5.38. The van der Waals surface area contributed by atoms with Crippen molar-refractivity contribution in [2.24, 2.45) is 23.2 Å². The first-order chi connectivity index (χ1) is 14.0. The van der Waals surface area contributed by atoms with Gasteiger partial charge in [-0.05, 0) is 93.1 Å². The van der Waals surface area contributed by atoms with Crippen LogP contribution in [0.3, 0.4) is 0 Å².